The number of oxime groups is 1. The molecule has 0 saturated carbocycles. The van der Waals surface area contributed by atoms with Gasteiger partial charge in [0, 0.05) is 5.56 Å². The van der Waals surface area contributed by atoms with E-state index in [2.05, 4.69) is 5.16 Å². The number of para-hydroxylation sites is 1. The fourth-order valence-electron chi connectivity index (χ4n) is 0.942. The predicted molar refractivity (Wildman–Crippen MR) is 52.2 cm³/mol. The van der Waals surface area contributed by atoms with Gasteiger partial charge in [-0.05, 0) is 19.1 Å². The highest BCUT2D eigenvalue weighted by atomic mass is 16.6. The van der Waals surface area contributed by atoms with Gasteiger partial charge >= 0.3 is 0 Å². The Morgan fingerprint density at radius 3 is 2.85 bits per heavy atom. The summed E-state index contributed by atoms with van der Waals surface area (Å²) in [4.78, 5) is 4.85. The second kappa shape index (κ2) is 5.19. The lowest BCUT2D eigenvalue weighted by Crippen LogP contribution is -1.90. The van der Waals surface area contributed by atoms with Crippen molar-refractivity contribution >= 4 is 6.21 Å². The standard InChI is InChI=1S/C10H13NO2/c1-3-13-11-8-9-6-4-5-7-10(9)12-2/h4-8H,3H2,1-2H3/b11-8+. The minimum Gasteiger partial charge on any atom is -0.496 e. The first-order chi connectivity index (χ1) is 6.38. The highest BCUT2D eigenvalue weighted by Gasteiger charge is 1.96. The summed E-state index contributed by atoms with van der Waals surface area (Å²) in [5.41, 5.74) is 0.915. The van der Waals surface area contributed by atoms with Crippen LogP contribution in [0.15, 0.2) is 29.4 Å². The molecule has 0 bridgehead atoms. The van der Waals surface area contributed by atoms with Crippen LogP contribution in [0, 0.1) is 0 Å². The number of benzene rings is 1. The summed E-state index contributed by atoms with van der Waals surface area (Å²) in [6.07, 6.45) is 1.64. The Labute approximate surface area is 78.0 Å². The fourth-order valence-corrected chi connectivity index (χ4v) is 0.942. The molecular formula is C10H13NO2. The lowest BCUT2D eigenvalue weighted by Gasteiger charge is -2.02. The van der Waals surface area contributed by atoms with E-state index in [0.29, 0.717) is 6.61 Å². The van der Waals surface area contributed by atoms with Gasteiger partial charge in [-0.1, -0.05) is 17.3 Å². The Kier molecular flexibility index (Phi) is 3.82. The number of nitrogens with zero attached hydrogens (tertiary/aromatic N) is 1. The molecule has 0 fully saturated rings. The number of hydrogen-bond donors (Lipinski definition) is 0. The van der Waals surface area contributed by atoms with Crippen molar-refractivity contribution in [1.29, 1.82) is 0 Å². The van der Waals surface area contributed by atoms with E-state index in [9.17, 15) is 0 Å². The molecule has 1 aromatic rings. The molecule has 0 spiro atoms. The Bertz CT molecular complexity index is 284. The molecule has 0 aromatic heterocycles. The lowest BCUT2D eigenvalue weighted by molar-refractivity contribution is 0.160. The molecule has 0 amide bonds. The molecule has 0 atom stereocenters. The molecule has 0 unspecified atom stereocenters. The molecule has 0 heterocycles. The largest absolute Gasteiger partial charge is 0.496 e. The minimum absolute atomic E-state index is 0.575. The maximum Gasteiger partial charge on any atom is 0.127 e. The molecule has 0 aliphatic carbocycles. The van der Waals surface area contributed by atoms with E-state index in [0.717, 1.165) is 11.3 Å². The van der Waals surface area contributed by atoms with E-state index < -0.39 is 0 Å². The molecule has 0 N–H and O–H groups in total. The van der Waals surface area contributed by atoms with Crippen LogP contribution in [-0.2, 0) is 4.84 Å². The predicted octanol–water partition coefficient (Wildman–Crippen LogP) is 2.07. The van der Waals surface area contributed by atoms with Crippen molar-refractivity contribution in [2.45, 2.75) is 6.92 Å². The first kappa shape index (κ1) is 9.58. The number of rotatable bonds is 4. The van der Waals surface area contributed by atoms with Crippen molar-refractivity contribution in [3.8, 4) is 5.75 Å². The summed E-state index contributed by atoms with van der Waals surface area (Å²) in [7, 11) is 1.63. The van der Waals surface area contributed by atoms with Crippen molar-refractivity contribution in [1.82, 2.24) is 0 Å². The second-order valence-corrected chi connectivity index (χ2v) is 2.39. The number of hydrogen-bond acceptors (Lipinski definition) is 3. The maximum atomic E-state index is 5.13. The summed E-state index contributed by atoms with van der Waals surface area (Å²) < 4.78 is 5.13. The van der Waals surface area contributed by atoms with E-state index in [4.69, 9.17) is 9.57 Å². The molecule has 3 heteroatoms. The van der Waals surface area contributed by atoms with Crippen LogP contribution in [0.2, 0.25) is 0 Å². The van der Waals surface area contributed by atoms with Gasteiger partial charge in [0.2, 0.25) is 0 Å². The Balaban J connectivity index is 2.74. The molecule has 13 heavy (non-hydrogen) atoms. The molecule has 70 valence electrons. The van der Waals surface area contributed by atoms with Crippen molar-refractivity contribution < 1.29 is 9.57 Å². The van der Waals surface area contributed by atoms with E-state index in [-0.39, 0.29) is 0 Å². The summed E-state index contributed by atoms with van der Waals surface area (Å²) in [6, 6.07) is 7.64. The van der Waals surface area contributed by atoms with Crippen LogP contribution in [-0.4, -0.2) is 19.9 Å². The van der Waals surface area contributed by atoms with Crippen molar-refractivity contribution in [2.75, 3.05) is 13.7 Å². The Hall–Kier alpha value is -1.51. The summed E-state index contributed by atoms with van der Waals surface area (Å²) in [5.74, 6) is 0.797. The zero-order valence-corrected chi connectivity index (χ0v) is 7.86. The van der Waals surface area contributed by atoms with Crippen LogP contribution in [0.3, 0.4) is 0 Å². The van der Waals surface area contributed by atoms with Gasteiger partial charge in [-0.15, -0.1) is 0 Å². The van der Waals surface area contributed by atoms with E-state index in [1.807, 2.05) is 31.2 Å². The van der Waals surface area contributed by atoms with Crippen LogP contribution < -0.4 is 4.74 Å². The molecule has 0 radical (unpaired) electrons. The van der Waals surface area contributed by atoms with E-state index >= 15 is 0 Å². The van der Waals surface area contributed by atoms with Crippen molar-refractivity contribution in [3.63, 3.8) is 0 Å². The zero-order valence-electron chi connectivity index (χ0n) is 7.86. The fraction of sp³-hybridized carbons (Fsp3) is 0.300. The van der Waals surface area contributed by atoms with Gasteiger partial charge < -0.3 is 9.57 Å². The first-order valence-electron chi connectivity index (χ1n) is 4.16. The SMILES string of the molecule is CCO/N=C/c1ccccc1OC. The molecule has 0 aliphatic heterocycles. The normalized spacial score (nSPS) is 10.3. The van der Waals surface area contributed by atoms with Gasteiger partial charge in [-0.2, -0.15) is 0 Å². The van der Waals surface area contributed by atoms with Crippen LogP contribution in [0.1, 0.15) is 12.5 Å². The third kappa shape index (κ3) is 2.78. The van der Waals surface area contributed by atoms with Crippen LogP contribution in [0.5, 0.6) is 5.75 Å². The van der Waals surface area contributed by atoms with Crippen LogP contribution in [0.25, 0.3) is 0 Å². The Morgan fingerprint density at radius 1 is 1.38 bits per heavy atom. The quantitative estimate of drug-likeness (QED) is 0.523. The summed E-state index contributed by atoms with van der Waals surface area (Å²) in [6.45, 7) is 2.46. The van der Waals surface area contributed by atoms with Gasteiger partial charge in [0.15, 0.2) is 0 Å². The average molecular weight is 179 g/mol. The Morgan fingerprint density at radius 2 is 2.15 bits per heavy atom. The molecule has 0 aliphatic rings. The van der Waals surface area contributed by atoms with Gasteiger partial charge in [-0.25, -0.2) is 0 Å². The zero-order chi connectivity index (χ0) is 9.52. The average Bonchev–Trinajstić information content (AvgIpc) is 2.19. The molecule has 3 nitrogen and oxygen atoms in total. The smallest absolute Gasteiger partial charge is 0.127 e. The van der Waals surface area contributed by atoms with Crippen LogP contribution in [0.4, 0.5) is 0 Å². The van der Waals surface area contributed by atoms with Crippen molar-refractivity contribution in [2.24, 2.45) is 5.16 Å². The maximum absolute atomic E-state index is 5.13. The van der Waals surface area contributed by atoms with Gasteiger partial charge in [0.1, 0.15) is 12.4 Å². The van der Waals surface area contributed by atoms with Gasteiger partial charge in [-0.3, -0.25) is 0 Å². The van der Waals surface area contributed by atoms with Gasteiger partial charge in [0.25, 0.3) is 0 Å². The minimum atomic E-state index is 0.575. The highest BCUT2D eigenvalue weighted by molar-refractivity contribution is 5.82. The third-order valence-electron chi connectivity index (χ3n) is 1.53. The summed E-state index contributed by atoms with van der Waals surface area (Å²) >= 11 is 0. The summed E-state index contributed by atoms with van der Waals surface area (Å²) in [5, 5.41) is 3.76. The number of methoxy groups -OCH3 is 1. The monoisotopic (exact) mass is 179 g/mol. The lowest BCUT2D eigenvalue weighted by atomic mass is 10.2. The van der Waals surface area contributed by atoms with Gasteiger partial charge in [0.05, 0.1) is 13.3 Å². The molecule has 0 saturated heterocycles. The third-order valence-corrected chi connectivity index (χ3v) is 1.53. The van der Waals surface area contributed by atoms with E-state index in [1.165, 1.54) is 0 Å². The second-order valence-electron chi connectivity index (χ2n) is 2.39. The molecule has 1 rings (SSSR count). The van der Waals surface area contributed by atoms with Crippen molar-refractivity contribution in [3.05, 3.63) is 29.8 Å². The van der Waals surface area contributed by atoms with Crippen LogP contribution >= 0.6 is 0 Å². The molecular weight excluding hydrogens is 166 g/mol. The topological polar surface area (TPSA) is 30.8 Å². The number of ether oxygens (including phenoxy) is 1. The molecule has 1 aromatic carbocycles. The highest BCUT2D eigenvalue weighted by Crippen LogP contribution is 2.14. The van der Waals surface area contributed by atoms with E-state index in [1.54, 1.807) is 13.3 Å². The first-order valence-corrected chi connectivity index (χ1v) is 4.16.